The highest BCUT2D eigenvalue weighted by Gasteiger charge is 2.30. The summed E-state index contributed by atoms with van der Waals surface area (Å²) >= 11 is 0. The summed E-state index contributed by atoms with van der Waals surface area (Å²) in [5.74, 6) is 1.34. The fourth-order valence-electron chi connectivity index (χ4n) is 5.26. The molecule has 1 amide bonds. The van der Waals surface area contributed by atoms with Crippen LogP contribution >= 0.6 is 0 Å². The van der Waals surface area contributed by atoms with Crippen molar-refractivity contribution in [1.29, 1.82) is 0 Å². The number of anilines is 1. The predicted molar refractivity (Wildman–Crippen MR) is 135 cm³/mol. The first-order chi connectivity index (χ1) is 17.2. The zero-order valence-electron chi connectivity index (χ0n) is 19.6. The van der Waals surface area contributed by atoms with Crippen molar-refractivity contribution in [3.05, 3.63) is 83.4 Å². The van der Waals surface area contributed by atoms with Gasteiger partial charge in [0, 0.05) is 24.6 Å². The normalized spacial score (nSPS) is 18.7. The second-order valence-electron chi connectivity index (χ2n) is 9.76. The minimum absolute atomic E-state index is 0.0458. The van der Waals surface area contributed by atoms with Crippen LogP contribution in [0.2, 0.25) is 0 Å². The smallest absolute Gasteiger partial charge is 0.407 e. The highest BCUT2D eigenvalue weighted by atomic mass is 16.5. The molecule has 0 aromatic heterocycles. The topological polar surface area (TPSA) is 79.8 Å². The van der Waals surface area contributed by atoms with Crippen LogP contribution in [0.25, 0.3) is 11.1 Å². The van der Waals surface area contributed by atoms with E-state index >= 15 is 0 Å². The quantitative estimate of drug-likeness (QED) is 0.444. The van der Waals surface area contributed by atoms with Gasteiger partial charge in [-0.05, 0) is 64.8 Å². The van der Waals surface area contributed by atoms with E-state index in [-0.39, 0.29) is 18.1 Å². The molecule has 1 heterocycles. The Morgan fingerprint density at radius 1 is 1.03 bits per heavy atom. The van der Waals surface area contributed by atoms with Gasteiger partial charge in [0.2, 0.25) is 0 Å². The molecule has 2 aliphatic carbocycles. The first kappa shape index (κ1) is 22.0. The number of alkyl carbamates (subject to hydrolysis) is 1. The number of aliphatic hydroxyl groups is 1. The maximum atomic E-state index is 12.5. The Balaban J connectivity index is 0.998. The van der Waals surface area contributed by atoms with Crippen molar-refractivity contribution in [3.8, 4) is 16.9 Å². The summed E-state index contributed by atoms with van der Waals surface area (Å²) in [6, 6.07) is 22.6. The Kier molecular flexibility index (Phi) is 5.82. The van der Waals surface area contributed by atoms with E-state index in [1.54, 1.807) is 0 Å². The van der Waals surface area contributed by atoms with Gasteiger partial charge in [-0.2, -0.15) is 0 Å². The number of hydrogen-bond donors (Lipinski definition) is 3. The van der Waals surface area contributed by atoms with E-state index in [9.17, 15) is 9.90 Å². The number of fused-ring (bicyclic) bond motifs is 4. The second kappa shape index (κ2) is 9.27. The van der Waals surface area contributed by atoms with Crippen molar-refractivity contribution < 1.29 is 19.4 Å². The molecule has 6 nitrogen and oxygen atoms in total. The molecule has 1 saturated carbocycles. The summed E-state index contributed by atoms with van der Waals surface area (Å²) in [5.41, 5.74) is 6.91. The first-order valence-corrected chi connectivity index (χ1v) is 12.5. The number of ether oxygens (including phenoxy) is 2. The molecule has 1 fully saturated rings. The number of nitrogens with one attached hydrogen (secondary N) is 2. The third-order valence-electron chi connectivity index (χ3n) is 7.30. The van der Waals surface area contributed by atoms with Crippen molar-refractivity contribution in [2.24, 2.45) is 5.92 Å². The maximum Gasteiger partial charge on any atom is 0.407 e. The van der Waals surface area contributed by atoms with Crippen molar-refractivity contribution in [2.45, 2.75) is 37.4 Å². The fraction of sp³-hybridized carbons (Fsp3) is 0.345. The Labute approximate surface area is 205 Å². The number of carbonyl (C=O) groups is 1. The fourth-order valence-corrected chi connectivity index (χ4v) is 5.26. The van der Waals surface area contributed by atoms with Gasteiger partial charge in [-0.25, -0.2) is 4.79 Å². The van der Waals surface area contributed by atoms with Crippen LogP contribution in [-0.2, 0) is 11.2 Å². The molecular weight excluding hydrogens is 440 g/mol. The van der Waals surface area contributed by atoms with Crippen LogP contribution in [0.3, 0.4) is 0 Å². The molecule has 0 radical (unpaired) electrons. The average Bonchev–Trinajstić information content (AvgIpc) is 3.58. The number of rotatable bonds is 8. The van der Waals surface area contributed by atoms with Gasteiger partial charge in [0.15, 0.2) is 0 Å². The average molecular weight is 471 g/mol. The van der Waals surface area contributed by atoms with Crippen LogP contribution in [0, 0.1) is 5.92 Å². The molecule has 3 aromatic rings. The number of amides is 1. The Bertz CT molecular complexity index is 1190. The third-order valence-corrected chi connectivity index (χ3v) is 7.30. The van der Waals surface area contributed by atoms with Crippen LogP contribution in [0.15, 0.2) is 66.7 Å². The van der Waals surface area contributed by atoms with E-state index in [1.807, 2.05) is 36.4 Å². The first-order valence-electron chi connectivity index (χ1n) is 12.5. The molecule has 6 rings (SSSR count). The van der Waals surface area contributed by atoms with Crippen LogP contribution in [0.4, 0.5) is 10.5 Å². The standard InChI is InChI=1S/C29H30N2O4/c32-27(18-9-10-18)16-30-20-11-12-28-19(13-20)14-21(35-28)15-31-29(33)34-17-26-24-7-3-1-5-22(24)23-6-2-4-8-25(23)26/h1-8,11-13,18,21,26-27,30,32H,9-10,14-17H2,(H,31,33). The SMILES string of the molecule is O=C(NCC1Cc2cc(NCC(O)C3CC3)ccc2O1)OCC1c2ccccc2-c2ccccc21. The molecule has 1 aliphatic heterocycles. The van der Waals surface area contributed by atoms with Gasteiger partial charge in [-0.3, -0.25) is 0 Å². The molecule has 3 aliphatic rings. The summed E-state index contributed by atoms with van der Waals surface area (Å²) in [6.07, 6.45) is 2.13. The van der Waals surface area contributed by atoms with Crippen LogP contribution < -0.4 is 15.4 Å². The van der Waals surface area contributed by atoms with Crippen LogP contribution in [-0.4, -0.2) is 43.1 Å². The van der Waals surface area contributed by atoms with Crippen molar-refractivity contribution in [1.82, 2.24) is 5.32 Å². The van der Waals surface area contributed by atoms with Gasteiger partial charge in [-0.15, -0.1) is 0 Å². The lowest BCUT2D eigenvalue weighted by molar-refractivity contribution is 0.136. The molecule has 3 aromatic carbocycles. The minimum atomic E-state index is -0.428. The second-order valence-corrected chi connectivity index (χ2v) is 9.76. The van der Waals surface area contributed by atoms with E-state index in [2.05, 4.69) is 41.0 Å². The van der Waals surface area contributed by atoms with E-state index in [0.717, 1.165) is 36.3 Å². The molecule has 180 valence electrons. The zero-order valence-corrected chi connectivity index (χ0v) is 19.6. The highest BCUT2D eigenvalue weighted by molar-refractivity contribution is 5.79. The zero-order chi connectivity index (χ0) is 23.8. The Hall–Kier alpha value is -3.51. The van der Waals surface area contributed by atoms with Gasteiger partial charge >= 0.3 is 6.09 Å². The molecule has 35 heavy (non-hydrogen) atoms. The van der Waals surface area contributed by atoms with E-state index in [4.69, 9.17) is 9.47 Å². The summed E-state index contributed by atoms with van der Waals surface area (Å²) in [7, 11) is 0. The van der Waals surface area contributed by atoms with E-state index in [1.165, 1.54) is 22.3 Å². The van der Waals surface area contributed by atoms with Gasteiger partial charge < -0.3 is 25.2 Å². The van der Waals surface area contributed by atoms with Crippen molar-refractivity contribution in [3.63, 3.8) is 0 Å². The largest absolute Gasteiger partial charge is 0.488 e. The molecule has 2 unspecified atom stereocenters. The lowest BCUT2D eigenvalue weighted by Crippen LogP contribution is -2.35. The van der Waals surface area contributed by atoms with Crippen LogP contribution in [0.5, 0.6) is 5.75 Å². The molecule has 6 heteroatoms. The van der Waals surface area contributed by atoms with Gasteiger partial charge in [-0.1, -0.05) is 48.5 Å². The number of hydrogen-bond acceptors (Lipinski definition) is 5. The molecule has 2 atom stereocenters. The van der Waals surface area contributed by atoms with Gasteiger partial charge in [0.1, 0.15) is 18.5 Å². The molecule has 3 N–H and O–H groups in total. The number of benzene rings is 3. The van der Waals surface area contributed by atoms with E-state index in [0.29, 0.717) is 25.6 Å². The third kappa shape index (κ3) is 4.58. The highest BCUT2D eigenvalue weighted by Crippen LogP contribution is 2.44. The summed E-state index contributed by atoms with van der Waals surface area (Å²) in [5, 5.41) is 16.3. The van der Waals surface area contributed by atoms with Gasteiger partial charge in [0.25, 0.3) is 0 Å². The van der Waals surface area contributed by atoms with Crippen molar-refractivity contribution >= 4 is 11.8 Å². The minimum Gasteiger partial charge on any atom is -0.488 e. The lowest BCUT2D eigenvalue weighted by Gasteiger charge is -2.16. The van der Waals surface area contributed by atoms with Crippen molar-refractivity contribution in [2.75, 3.05) is 25.0 Å². The lowest BCUT2D eigenvalue weighted by atomic mass is 9.98. The summed E-state index contributed by atoms with van der Waals surface area (Å²) in [4.78, 5) is 12.5. The summed E-state index contributed by atoms with van der Waals surface area (Å²) < 4.78 is 11.6. The molecule has 0 bridgehead atoms. The molecular formula is C29H30N2O4. The molecule has 0 spiro atoms. The number of aliphatic hydroxyl groups excluding tert-OH is 1. The predicted octanol–water partition coefficient (Wildman–Crippen LogP) is 4.71. The number of carbonyl (C=O) groups excluding carboxylic acids is 1. The maximum absolute atomic E-state index is 12.5. The molecule has 0 saturated heterocycles. The summed E-state index contributed by atoms with van der Waals surface area (Å²) in [6.45, 7) is 1.25. The van der Waals surface area contributed by atoms with Crippen LogP contribution in [0.1, 0.15) is 35.4 Å². The van der Waals surface area contributed by atoms with Gasteiger partial charge in [0.05, 0.1) is 12.6 Å². The monoisotopic (exact) mass is 470 g/mol. The Morgan fingerprint density at radius 2 is 1.74 bits per heavy atom. The Morgan fingerprint density at radius 3 is 2.46 bits per heavy atom. The van der Waals surface area contributed by atoms with E-state index < -0.39 is 6.09 Å².